The van der Waals surface area contributed by atoms with E-state index < -0.39 is 0 Å². The Bertz CT molecular complexity index is 651. The molecule has 0 spiro atoms. The minimum Gasteiger partial charge on any atom is -0.338 e. The highest BCUT2D eigenvalue weighted by molar-refractivity contribution is 5.27. The average Bonchev–Trinajstić information content (AvgIpc) is 2.93. The van der Waals surface area contributed by atoms with Crippen LogP contribution in [-0.4, -0.2) is 29.1 Å². The molecular formula is C19H30N4O. The van der Waals surface area contributed by atoms with Crippen LogP contribution >= 0.6 is 0 Å². The summed E-state index contributed by atoms with van der Waals surface area (Å²) >= 11 is 0. The normalized spacial score (nSPS) is 12.8. The van der Waals surface area contributed by atoms with E-state index in [2.05, 4.69) is 74.3 Å². The second-order valence-electron chi connectivity index (χ2n) is 8.17. The van der Waals surface area contributed by atoms with Crippen LogP contribution in [0.15, 0.2) is 28.8 Å². The molecule has 5 heteroatoms. The SMILES string of the molecule is CN(C)Cc1nc(C(C)(C)NCc2ccc(C(C)(C)C)cc2)no1. The summed E-state index contributed by atoms with van der Waals surface area (Å²) in [5.74, 6) is 1.32. The van der Waals surface area contributed by atoms with Gasteiger partial charge in [0, 0.05) is 6.54 Å². The molecule has 2 aromatic rings. The van der Waals surface area contributed by atoms with Crippen LogP contribution in [0.3, 0.4) is 0 Å². The summed E-state index contributed by atoms with van der Waals surface area (Å²) < 4.78 is 5.32. The predicted molar refractivity (Wildman–Crippen MR) is 96.7 cm³/mol. The van der Waals surface area contributed by atoms with Crippen LogP contribution < -0.4 is 5.32 Å². The second-order valence-corrected chi connectivity index (χ2v) is 8.17. The van der Waals surface area contributed by atoms with Crippen molar-refractivity contribution in [3.05, 3.63) is 47.1 Å². The van der Waals surface area contributed by atoms with Gasteiger partial charge in [-0.15, -0.1) is 0 Å². The fourth-order valence-electron chi connectivity index (χ4n) is 2.37. The van der Waals surface area contributed by atoms with Crippen molar-refractivity contribution >= 4 is 0 Å². The van der Waals surface area contributed by atoms with Gasteiger partial charge in [-0.25, -0.2) is 0 Å². The van der Waals surface area contributed by atoms with Crippen molar-refractivity contribution in [2.75, 3.05) is 14.1 Å². The molecule has 0 saturated heterocycles. The third-order valence-electron chi connectivity index (χ3n) is 4.03. The van der Waals surface area contributed by atoms with Crippen molar-refractivity contribution in [3.63, 3.8) is 0 Å². The summed E-state index contributed by atoms with van der Waals surface area (Å²) in [4.78, 5) is 6.51. The number of rotatable bonds is 6. The molecule has 0 fully saturated rings. The summed E-state index contributed by atoms with van der Waals surface area (Å²) in [6.07, 6.45) is 0. The van der Waals surface area contributed by atoms with Gasteiger partial charge in [0.25, 0.3) is 0 Å². The molecule has 0 saturated carbocycles. The van der Waals surface area contributed by atoms with E-state index in [-0.39, 0.29) is 11.0 Å². The molecule has 0 atom stereocenters. The number of nitrogens with one attached hydrogen (secondary N) is 1. The molecule has 24 heavy (non-hydrogen) atoms. The summed E-state index contributed by atoms with van der Waals surface area (Å²) in [7, 11) is 3.96. The van der Waals surface area contributed by atoms with Gasteiger partial charge in [0.05, 0.1) is 12.1 Å². The van der Waals surface area contributed by atoms with Gasteiger partial charge in [-0.1, -0.05) is 50.2 Å². The predicted octanol–water partition coefficient (Wildman–Crippen LogP) is 3.45. The smallest absolute Gasteiger partial charge is 0.240 e. The van der Waals surface area contributed by atoms with Crippen LogP contribution in [0.2, 0.25) is 0 Å². The number of aromatic nitrogens is 2. The molecule has 132 valence electrons. The summed E-state index contributed by atoms with van der Waals surface area (Å²) in [6, 6.07) is 8.76. The van der Waals surface area contributed by atoms with Crippen molar-refractivity contribution < 1.29 is 4.52 Å². The third kappa shape index (κ3) is 4.89. The Morgan fingerprint density at radius 1 is 1.04 bits per heavy atom. The topological polar surface area (TPSA) is 54.2 Å². The Morgan fingerprint density at radius 2 is 1.67 bits per heavy atom. The van der Waals surface area contributed by atoms with E-state index >= 15 is 0 Å². The van der Waals surface area contributed by atoms with E-state index in [4.69, 9.17) is 4.52 Å². The summed E-state index contributed by atoms with van der Waals surface area (Å²) in [5.41, 5.74) is 2.42. The standard InChI is InChI=1S/C19H30N4O/c1-18(2,3)15-10-8-14(9-11-15)12-20-19(4,5)17-21-16(24-22-17)13-23(6)7/h8-11,20H,12-13H2,1-7H3. The van der Waals surface area contributed by atoms with Gasteiger partial charge >= 0.3 is 0 Å². The maximum absolute atomic E-state index is 5.32. The fourth-order valence-corrected chi connectivity index (χ4v) is 2.37. The number of hydrogen-bond donors (Lipinski definition) is 1. The Labute approximate surface area is 145 Å². The Kier molecular flexibility index (Phi) is 5.45. The molecule has 0 aliphatic heterocycles. The lowest BCUT2D eigenvalue weighted by Gasteiger charge is -2.23. The molecule has 0 aliphatic carbocycles. The highest BCUT2D eigenvalue weighted by atomic mass is 16.5. The van der Waals surface area contributed by atoms with E-state index in [0.29, 0.717) is 18.3 Å². The van der Waals surface area contributed by atoms with Gasteiger partial charge in [-0.2, -0.15) is 4.98 Å². The molecule has 0 amide bonds. The molecule has 1 heterocycles. The molecule has 1 aromatic heterocycles. The third-order valence-corrected chi connectivity index (χ3v) is 4.03. The first-order chi connectivity index (χ1) is 11.1. The molecule has 2 rings (SSSR count). The van der Waals surface area contributed by atoms with Gasteiger partial charge in [-0.05, 0) is 44.5 Å². The van der Waals surface area contributed by atoms with E-state index in [1.165, 1.54) is 11.1 Å². The number of nitrogens with zero attached hydrogens (tertiary/aromatic N) is 3. The number of hydrogen-bond acceptors (Lipinski definition) is 5. The maximum atomic E-state index is 5.32. The lowest BCUT2D eigenvalue weighted by atomic mass is 9.87. The molecule has 0 radical (unpaired) electrons. The van der Waals surface area contributed by atoms with Crippen LogP contribution in [0, 0.1) is 0 Å². The van der Waals surface area contributed by atoms with E-state index in [1.54, 1.807) is 0 Å². The quantitative estimate of drug-likeness (QED) is 0.879. The van der Waals surface area contributed by atoms with Gasteiger partial charge < -0.3 is 14.7 Å². The van der Waals surface area contributed by atoms with Gasteiger partial charge in [0.15, 0.2) is 5.82 Å². The Balaban J connectivity index is 2.00. The van der Waals surface area contributed by atoms with Crippen molar-refractivity contribution in [2.24, 2.45) is 0 Å². The molecule has 1 aromatic carbocycles. The maximum Gasteiger partial charge on any atom is 0.240 e. The average molecular weight is 330 g/mol. The van der Waals surface area contributed by atoms with Crippen LogP contribution in [-0.2, 0) is 24.0 Å². The first-order valence-corrected chi connectivity index (χ1v) is 8.40. The molecule has 0 aliphatic rings. The van der Waals surface area contributed by atoms with Crippen molar-refractivity contribution in [1.29, 1.82) is 0 Å². The van der Waals surface area contributed by atoms with E-state index in [9.17, 15) is 0 Å². The van der Waals surface area contributed by atoms with Crippen molar-refractivity contribution in [1.82, 2.24) is 20.4 Å². The van der Waals surface area contributed by atoms with Crippen LogP contribution in [0.1, 0.15) is 57.5 Å². The number of benzene rings is 1. The lowest BCUT2D eigenvalue weighted by Crippen LogP contribution is -2.37. The van der Waals surface area contributed by atoms with Crippen LogP contribution in [0.5, 0.6) is 0 Å². The summed E-state index contributed by atoms with van der Waals surface area (Å²) in [6.45, 7) is 12.2. The van der Waals surface area contributed by atoms with E-state index in [1.807, 2.05) is 19.0 Å². The molecule has 0 bridgehead atoms. The van der Waals surface area contributed by atoms with Crippen LogP contribution in [0.4, 0.5) is 0 Å². The largest absolute Gasteiger partial charge is 0.338 e. The van der Waals surface area contributed by atoms with E-state index in [0.717, 1.165) is 6.54 Å². The Morgan fingerprint density at radius 3 is 2.21 bits per heavy atom. The van der Waals surface area contributed by atoms with Gasteiger partial charge in [0.1, 0.15) is 0 Å². The molecular weight excluding hydrogens is 300 g/mol. The minimum atomic E-state index is -0.350. The zero-order valence-electron chi connectivity index (χ0n) is 16.0. The monoisotopic (exact) mass is 330 g/mol. The molecule has 0 unspecified atom stereocenters. The minimum absolute atomic E-state index is 0.179. The summed E-state index contributed by atoms with van der Waals surface area (Å²) in [5, 5.41) is 7.64. The van der Waals surface area contributed by atoms with Crippen molar-refractivity contribution in [2.45, 2.75) is 58.7 Å². The molecule has 5 nitrogen and oxygen atoms in total. The van der Waals surface area contributed by atoms with Crippen LogP contribution in [0.25, 0.3) is 0 Å². The molecule has 1 N–H and O–H groups in total. The zero-order chi connectivity index (χ0) is 18.0. The highest BCUT2D eigenvalue weighted by Crippen LogP contribution is 2.23. The van der Waals surface area contributed by atoms with Crippen molar-refractivity contribution in [3.8, 4) is 0 Å². The lowest BCUT2D eigenvalue weighted by molar-refractivity contribution is 0.294. The van der Waals surface area contributed by atoms with Gasteiger partial charge in [0.2, 0.25) is 5.89 Å². The zero-order valence-corrected chi connectivity index (χ0v) is 16.0. The first-order valence-electron chi connectivity index (χ1n) is 8.40. The second kappa shape index (κ2) is 7.03. The van der Waals surface area contributed by atoms with Gasteiger partial charge in [-0.3, -0.25) is 0 Å². The fraction of sp³-hybridized carbons (Fsp3) is 0.579. The Hall–Kier alpha value is -1.72. The highest BCUT2D eigenvalue weighted by Gasteiger charge is 2.26. The first kappa shape index (κ1) is 18.6.